The van der Waals surface area contributed by atoms with Gasteiger partial charge in [0, 0.05) is 5.92 Å². The van der Waals surface area contributed by atoms with Gasteiger partial charge in [0.1, 0.15) is 5.78 Å². The molecule has 0 bridgehead atoms. The summed E-state index contributed by atoms with van der Waals surface area (Å²) in [5.41, 5.74) is 0.981. The molecule has 0 saturated heterocycles. The van der Waals surface area contributed by atoms with Gasteiger partial charge in [-0.2, -0.15) is 0 Å². The number of allylic oxidation sites excluding steroid dienone is 2. The monoisotopic (exact) mass is 172 g/mol. The van der Waals surface area contributed by atoms with E-state index in [0.29, 0.717) is 5.76 Å². The maximum Gasteiger partial charge on any atom is 0.132 e. The normalized spacial score (nSPS) is 8.58. The van der Waals surface area contributed by atoms with E-state index in [1.54, 1.807) is 13.8 Å². The molecule has 0 radical (unpaired) electrons. The number of hydrogen-bond acceptors (Lipinski definition) is 2. The minimum atomic E-state index is 0.213. The zero-order chi connectivity index (χ0) is 10.3. The van der Waals surface area contributed by atoms with Crippen molar-refractivity contribution in [2.24, 2.45) is 5.92 Å². The molecule has 0 aromatic carbocycles. The Balaban J connectivity index is 0. The number of hydrogen-bond donors (Lipinski definition) is 1. The van der Waals surface area contributed by atoms with E-state index in [1.807, 2.05) is 27.7 Å². The first-order chi connectivity index (χ1) is 5.29. The number of aliphatic hydroxyl groups is 1. The summed E-state index contributed by atoms with van der Waals surface area (Å²) in [7, 11) is 0. The van der Waals surface area contributed by atoms with Crippen LogP contribution in [0.25, 0.3) is 0 Å². The van der Waals surface area contributed by atoms with Gasteiger partial charge in [-0.25, -0.2) is 0 Å². The Morgan fingerprint density at radius 3 is 1.25 bits per heavy atom. The molecule has 0 aliphatic heterocycles. The van der Waals surface area contributed by atoms with Gasteiger partial charge in [-0.15, -0.1) is 0 Å². The van der Waals surface area contributed by atoms with E-state index in [2.05, 4.69) is 0 Å². The second-order valence-corrected chi connectivity index (χ2v) is 3.35. The number of Topliss-reactive ketones (excluding diaryl/α,β-unsaturated/α-hetero) is 1. The van der Waals surface area contributed by atoms with E-state index in [4.69, 9.17) is 5.11 Å². The average Bonchev–Trinajstić information content (AvgIpc) is 1.88. The van der Waals surface area contributed by atoms with E-state index in [-0.39, 0.29) is 11.7 Å². The van der Waals surface area contributed by atoms with Crippen LogP contribution >= 0.6 is 0 Å². The molecule has 0 rings (SSSR count). The topological polar surface area (TPSA) is 37.3 Å². The molecule has 0 atom stereocenters. The fourth-order valence-corrected chi connectivity index (χ4v) is 0. The fourth-order valence-electron chi connectivity index (χ4n) is 0. The highest BCUT2D eigenvalue weighted by Crippen LogP contribution is 1.93. The molecule has 0 aliphatic carbocycles. The molecule has 0 amide bonds. The Labute approximate surface area is 75.3 Å². The number of ketones is 1. The maximum atomic E-state index is 10.1. The predicted octanol–water partition coefficient (Wildman–Crippen LogP) is 3.09. The van der Waals surface area contributed by atoms with Crippen molar-refractivity contribution in [3.05, 3.63) is 11.3 Å². The van der Waals surface area contributed by atoms with Crippen LogP contribution in [0.4, 0.5) is 0 Å². The van der Waals surface area contributed by atoms with E-state index in [0.717, 1.165) is 5.57 Å². The van der Waals surface area contributed by atoms with Crippen LogP contribution in [0.1, 0.15) is 41.5 Å². The van der Waals surface area contributed by atoms with E-state index >= 15 is 0 Å². The standard InChI is InChI=1S/2C5H10O/c2*1-4(2)5(3)6/h6H,1-3H3;4H,1-3H3. The molecule has 1 N–H and O–H groups in total. The van der Waals surface area contributed by atoms with Gasteiger partial charge in [-0.1, -0.05) is 13.8 Å². The lowest BCUT2D eigenvalue weighted by molar-refractivity contribution is -0.119. The Morgan fingerprint density at radius 1 is 1.08 bits per heavy atom. The van der Waals surface area contributed by atoms with Gasteiger partial charge < -0.3 is 5.11 Å². The zero-order valence-corrected chi connectivity index (χ0v) is 8.93. The summed E-state index contributed by atoms with van der Waals surface area (Å²) < 4.78 is 0. The third-order valence-corrected chi connectivity index (χ3v) is 1.54. The molecule has 0 aromatic heterocycles. The van der Waals surface area contributed by atoms with Crippen molar-refractivity contribution >= 4 is 5.78 Å². The van der Waals surface area contributed by atoms with Crippen molar-refractivity contribution < 1.29 is 9.90 Å². The Morgan fingerprint density at radius 2 is 1.25 bits per heavy atom. The van der Waals surface area contributed by atoms with Crippen molar-refractivity contribution in [1.29, 1.82) is 0 Å². The van der Waals surface area contributed by atoms with Crippen LogP contribution in [0.15, 0.2) is 11.3 Å². The van der Waals surface area contributed by atoms with E-state index in [9.17, 15) is 4.79 Å². The van der Waals surface area contributed by atoms with Gasteiger partial charge in [-0.3, -0.25) is 4.79 Å². The molecule has 0 aromatic rings. The van der Waals surface area contributed by atoms with Gasteiger partial charge in [0.2, 0.25) is 0 Å². The zero-order valence-electron chi connectivity index (χ0n) is 8.93. The summed E-state index contributed by atoms with van der Waals surface area (Å²) in [6, 6.07) is 0. The highest BCUT2D eigenvalue weighted by molar-refractivity contribution is 5.77. The number of carbonyl (C=O) groups excluding carboxylic acids is 1. The molecular weight excluding hydrogens is 152 g/mol. The summed E-state index contributed by atoms with van der Waals surface area (Å²) >= 11 is 0. The number of carbonyl (C=O) groups is 1. The van der Waals surface area contributed by atoms with Gasteiger partial charge in [0.05, 0.1) is 5.76 Å². The van der Waals surface area contributed by atoms with Crippen molar-refractivity contribution in [3.8, 4) is 0 Å². The summed E-state index contributed by atoms with van der Waals surface area (Å²) in [6.07, 6.45) is 0. The molecule has 2 nitrogen and oxygen atoms in total. The quantitative estimate of drug-likeness (QED) is 0.617. The first-order valence-electron chi connectivity index (χ1n) is 4.12. The largest absolute Gasteiger partial charge is 0.513 e. The molecule has 0 saturated carbocycles. The maximum absolute atomic E-state index is 10.1. The SMILES string of the molecule is CC(=O)C(C)C.CC(C)=C(C)O. The molecule has 2 heteroatoms. The molecule has 0 aliphatic rings. The predicted molar refractivity (Wildman–Crippen MR) is 52.2 cm³/mol. The van der Waals surface area contributed by atoms with Crippen LogP contribution in [-0.2, 0) is 4.79 Å². The highest BCUT2D eigenvalue weighted by Gasteiger charge is 1.95. The first kappa shape index (κ1) is 13.8. The fraction of sp³-hybridized carbons (Fsp3) is 0.700. The summed E-state index contributed by atoms with van der Waals surface area (Å²) in [5, 5.41) is 8.51. The third-order valence-electron chi connectivity index (χ3n) is 1.54. The van der Waals surface area contributed by atoms with Crippen LogP contribution in [0.3, 0.4) is 0 Å². The van der Waals surface area contributed by atoms with Gasteiger partial charge in [0.25, 0.3) is 0 Å². The van der Waals surface area contributed by atoms with Gasteiger partial charge >= 0.3 is 0 Å². The second-order valence-electron chi connectivity index (χ2n) is 3.35. The molecule has 0 heterocycles. The highest BCUT2D eigenvalue weighted by atomic mass is 16.3. The van der Waals surface area contributed by atoms with Gasteiger partial charge in [0.15, 0.2) is 0 Å². The Bertz CT molecular complexity index is 149. The smallest absolute Gasteiger partial charge is 0.132 e. The van der Waals surface area contributed by atoms with Crippen LogP contribution in [-0.4, -0.2) is 10.9 Å². The number of aliphatic hydroxyl groups excluding tert-OH is 1. The first-order valence-corrected chi connectivity index (χ1v) is 4.12. The van der Waals surface area contributed by atoms with E-state index < -0.39 is 0 Å². The minimum absolute atomic E-state index is 0.213. The van der Waals surface area contributed by atoms with Crippen molar-refractivity contribution in [2.75, 3.05) is 0 Å². The lowest BCUT2D eigenvalue weighted by Gasteiger charge is -1.90. The van der Waals surface area contributed by atoms with Crippen molar-refractivity contribution in [3.63, 3.8) is 0 Å². The third kappa shape index (κ3) is 11.9. The summed E-state index contributed by atoms with van der Waals surface area (Å²) in [5.74, 6) is 0.898. The van der Waals surface area contributed by atoms with Crippen LogP contribution in [0.2, 0.25) is 0 Å². The van der Waals surface area contributed by atoms with Crippen molar-refractivity contribution in [1.82, 2.24) is 0 Å². The molecule has 0 fully saturated rings. The Kier molecular flexibility index (Phi) is 7.91. The molecular formula is C10H20O2. The van der Waals surface area contributed by atoms with Crippen LogP contribution in [0, 0.1) is 5.92 Å². The van der Waals surface area contributed by atoms with Crippen LogP contribution in [0.5, 0.6) is 0 Å². The molecule has 12 heavy (non-hydrogen) atoms. The molecule has 0 spiro atoms. The lowest BCUT2D eigenvalue weighted by atomic mass is 10.1. The van der Waals surface area contributed by atoms with E-state index in [1.165, 1.54) is 0 Å². The summed E-state index contributed by atoms with van der Waals surface area (Å²) in [6.45, 7) is 10.8. The van der Waals surface area contributed by atoms with Crippen molar-refractivity contribution in [2.45, 2.75) is 41.5 Å². The van der Waals surface area contributed by atoms with Gasteiger partial charge in [-0.05, 0) is 33.3 Å². The number of rotatable bonds is 1. The van der Waals surface area contributed by atoms with Crippen LogP contribution < -0.4 is 0 Å². The lowest BCUT2D eigenvalue weighted by Crippen LogP contribution is -1.98. The molecule has 72 valence electrons. The molecule has 0 unspecified atom stereocenters. The average molecular weight is 172 g/mol. The second kappa shape index (κ2) is 6.89. The Hall–Kier alpha value is -0.790. The summed E-state index contributed by atoms with van der Waals surface area (Å²) in [4.78, 5) is 10.1. The minimum Gasteiger partial charge on any atom is -0.513 e.